The molecule has 0 aliphatic heterocycles. The first-order valence-electron chi connectivity index (χ1n) is 8.96. The molecule has 3 rings (SSSR count). The average molecular weight is 320 g/mol. The summed E-state index contributed by atoms with van der Waals surface area (Å²) in [7, 11) is 1.38. The van der Waals surface area contributed by atoms with Crippen LogP contribution >= 0.6 is 0 Å². The second-order valence-electron chi connectivity index (χ2n) is 8.39. The molecule has 128 valence electrons. The summed E-state index contributed by atoms with van der Waals surface area (Å²) in [5, 5.41) is 0. The summed E-state index contributed by atoms with van der Waals surface area (Å²) in [5.74, 6) is 0.820. The van der Waals surface area contributed by atoms with Gasteiger partial charge in [0.05, 0.1) is 13.5 Å². The molecule has 4 heteroatoms. The van der Waals surface area contributed by atoms with E-state index in [0.717, 1.165) is 38.5 Å². The third-order valence-electron chi connectivity index (χ3n) is 7.12. The zero-order chi connectivity index (χ0) is 16.8. The lowest BCUT2D eigenvalue weighted by Gasteiger charge is -2.56. The minimum atomic E-state index is -0.587. The lowest BCUT2D eigenvalue weighted by atomic mass is 9.47. The van der Waals surface area contributed by atoms with E-state index >= 15 is 0 Å². The highest BCUT2D eigenvalue weighted by molar-refractivity contribution is 5.92. The predicted octanol–water partition coefficient (Wildman–Crippen LogP) is 3.32. The molecule has 0 N–H and O–H groups in total. The number of ketones is 2. The van der Waals surface area contributed by atoms with Gasteiger partial charge < -0.3 is 4.74 Å². The SMILES string of the molecule is COC(=O)C[C@@]1(C)CC[C@H]2[C@@H](CC[C@H]3C(=O)CCC[C@@]32C)C1=O. The van der Waals surface area contributed by atoms with Crippen LogP contribution in [0.2, 0.25) is 0 Å². The fourth-order valence-electron chi connectivity index (χ4n) is 5.76. The Kier molecular flexibility index (Phi) is 4.14. The molecule has 0 spiro atoms. The van der Waals surface area contributed by atoms with E-state index in [-0.39, 0.29) is 35.4 Å². The Labute approximate surface area is 138 Å². The van der Waals surface area contributed by atoms with Gasteiger partial charge in [0.15, 0.2) is 0 Å². The normalized spacial score (nSPS) is 43.5. The van der Waals surface area contributed by atoms with Crippen molar-refractivity contribution in [2.75, 3.05) is 7.11 Å². The fourth-order valence-corrected chi connectivity index (χ4v) is 5.76. The van der Waals surface area contributed by atoms with Gasteiger partial charge in [0.25, 0.3) is 0 Å². The Balaban J connectivity index is 1.84. The third kappa shape index (κ3) is 2.54. The van der Waals surface area contributed by atoms with Gasteiger partial charge in [-0.25, -0.2) is 0 Å². The summed E-state index contributed by atoms with van der Waals surface area (Å²) in [4.78, 5) is 37.2. The van der Waals surface area contributed by atoms with Crippen LogP contribution < -0.4 is 0 Å². The highest BCUT2D eigenvalue weighted by atomic mass is 16.5. The van der Waals surface area contributed by atoms with Gasteiger partial charge in [0, 0.05) is 23.7 Å². The van der Waals surface area contributed by atoms with Crippen molar-refractivity contribution in [2.45, 2.75) is 65.2 Å². The summed E-state index contributed by atoms with van der Waals surface area (Å²) in [6.07, 6.45) is 6.26. The van der Waals surface area contributed by atoms with E-state index in [4.69, 9.17) is 4.74 Å². The quantitative estimate of drug-likeness (QED) is 0.732. The van der Waals surface area contributed by atoms with Crippen molar-refractivity contribution in [3.63, 3.8) is 0 Å². The van der Waals surface area contributed by atoms with Gasteiger partial charge in [0.1, 0.15) is 11.6 Å². The van der Waals surface area contributed by atoms with Gasteiger partial charge in [-0.2, -0.15) is 0 Å². The largest absolute Gasteiger partial charge is 0.469 e. The topological polar surface area (TPSA) is 60.4 Å². The van der Waals surface area contributed by atoms with E-state index < -0.39 is 5.41 Å². The molecule has 4 nitrogen and oxygen atoms in total. The Morgan fingerprint density at radius 3 is 2.61 bits per heavy atom. The fraction of sp³-hybridized carbons (Fsp3) is 0.842. The number of Topliss-reactive ketones (excluding diaryl/α,β-unsaturated/α-hetero) is 2. The Bertz CT molecular complexity index is 539. The van der Waals surface area contributed by atoms with Crippen molar-refractivity contribution in [3.8, 4) is 0 Å². The molecule has 3 fully saturated rings. The number of ether oxygens (including phenoxy) is 1. The van der Waals surface area contributed by atoms with E-state index in [0.29, 0.717) is 18.1 Å². The van der Waals surface area contributed by atoms with Crippen molar-refractivity contribution in [1.29, 1.82) is 0 Å². The zero-order valence-corrected chi connectivity index (χ0v) is 14.5. The highest BCUT2D eigenvalue weighted by Crippen LogP contribution is 2.59. The summed E-state index contributed by atoms with van der Waals surface area (Å²) >= 11 is 0. The van der Waals surface area contributed by atoms with Crippen LogP contribution in [0.3, 0.4) is 0 Å². The predicted molar refractivity (Wildman–Crippen MR) is 85.7 cm³/mol. The van der Waals surface area contributed by atoms with Gasteiger partial charge >= 0.3 is 5.97 Å². The molecule has 3 aliphatic rings. The van der Waals surface area contributed by atoms with Crippen molar-refractivity contribution < 1.29 is 19.1 Å². The maximum Gasteiger partial charge on any atom is 0.306 e. The summed E-state index contributed by atoms with van der Waals surface area (Å²) in [6.45, 7) is 4.16. The Morgan fingerprint density at radius 2 is 1.91 bits per heavy atom. The minimum absolute atomic E-state index is 0.0134. The van der Waals surface area contributed by atoms with Gasteiger partial charge in [-0.15, -0.1) is 0 Å². The Hall–Kier alpha value is -1.19. The van der Waals surface area contributed by atoms with E-state index in [1.54, 1.807) is 0 Å². The van der Waals surface area contributed by atoms with Gasteiger partial charge in [-0.1, -0.05) is 13.8 Å². The van der Waals surface area contributed by atoms with Crippen LogP contribution in [0.4, 0.5) is 0 Å². The van der Waals surface area contributed by atoms with Gasteiger partial charge in [-0.05, 0) is 49.9 Å². The van der Waals surface area contributed by atoms with Crippen LogP contribution in [0.5, 0.6) is 0 Å². The lowest BCUT2D eigenvalue weighted by Crippen LogP contribution is -2.55. The first-order chi connectivity index (χ1) is 10.8. The van der Waals surface area contributed by atoms with Gasteiger partial charge in [0.2, 0.25) is 0 Å². The van der Waals surface area contributed by atoms with E-state index in [2.05, 4.69) is 6.92 Å². The molecule has 0 aromatic heterocycles. The summed E-state index contributed by atoms with van der Waals surface area (Å²) in [6, 6.07) is 0. The number of methoxy groups -OCH3 is 1. The standard InChI is InChI=1S/C19H28O4/c1-18(11-16(21)23-3)10-8-13-12(17(18)22)6-7-14-15(20)5-4-9-19(13,14)2/h12-14H,4-11H2,1-3H3/t12-,13+,14+,18-,19-/m1/s1. The molecule has 0 aromatic rings. The number of carbonyl (C=O) groups is 3. The molecule has 0 aromatic carbocycles. The van der Waals surface area contributed by atoms with E-state index in [9.17, 15) is 14.4 Å². The molecule has 0 saturated heterocycles. The molecule has 0 heterocycles. The number of hydrogen-bond acceptors (Lipinski definition) is 4. The van der Waals surface area contributed by atoms with Crippen LogP contribution in [0.1, 0.15) is 65.2 Å². The smallest absolute Gasteiger partial charge is 0.306 e. The first-order valence-corrected chi connectivity index (χ1v) is 8.96. The molecule has 0 bridgehead atoms. The number of carbonyl (C=O) groups excluding carboxylic acids is 3. The number of esters is 1. The maximum atomic E-state index is 13.1. The summed E-state index contributed by atoms with van der Waals surface area (Å²) in [5.41, 5.74) is -0.601. The molecule has 0 unspecified atom stereocenters. The van der Waals surface area contributed by atoms with Crippen LogP contribution in [0.25, 0.3) is 0 Å². The van der Waals surface area contributed by atoms with Crippen molar-refractivity contribution >= 4 is 17.5 Å². The van der Waals surface area contributed by atoms with Crippen molar-refractivity contribution in [1.82, 2.24) is 0 Å². The van der Waals surface area contributed by atoms with E-state index in [1.807, 2.05) is 6.92 Å². The molecule has 0 amide bonds. The minimum Gasteiger partial charge on any atom is -0.469 e. The molecule has 3 saturated carbocycles. The average Bonchev–Trinajstić information content (AvgIpc) is 2.50. The van der Waals surface area contributed by atoms with Crippen molar-refractivity contribution in [2.24, 2.45) is 28.6 Å². The van der Waals surface area contributed by atoms with E-state index in [1.165, 1.54) is 7.11 Å². The maximum absolute atomic E-state index is 13.1. The van der Waals surface area contributed by atoms with Gasteiger partial charge in [-0.3, -0.25) is 14.4 Å². The Morgan fingerprint density at radius 1 is 1.17 bits per heavy atom. The molecular weight excluding hydrogens is 292 g/mol. The number of fused-ring (bicyclic) bond motifs is 3. The second-order valence-corrected chi connectivity index (χ2v) is 8.39. The monoisotopic (exact) mass is 320 g/mol. The molecule has 0 radical (unpaired) electrons. The molecule has 23 heavy (non-hydrogen) atoms. The zero-order valence-electron chi connectivity index (χ0n) is 14.5. The van der Waals surface area contributed by atoms with Crippen LogP contribution in [0, 0.1) is 28.6 Å². The number of hydrogen-bond donors (Lipinski definition) is 0. The third-order valence-corrected chi connectivity index (χ3v) is 7.12. The molecular formula is C19H28O4. The second kappa shape index (κ2) is 5.71. The van der Waals surface area contributed by atoms with Crippen LogP contribution in [0.15, 0.2) is 0 Å². The summed E-state index contributed by atoms with van der Waals surface area (Å²) < 4.78 is 4.79. The van der Waals surface area contributed by atoms with Crippen LogP contribution in [-0.2, 0) is 19.1 Å². The van der Waals surface area contributed by atoms with Crippen LogP contribution in [-0.4, -0.2) is 24.6 Å². The first kappa shape index (κ1) is 16.7. The molecule has 3 aliphatic carbocycles. The highest BCUT2D eigenvalue weighted by Gasteiger charge is 2.58. The van der Waals surface area contributed by atoms with Crippen molar-refractivity contribution in [3.05, 3.63) is 0 Å². The number of rotatable bonds is 2. The lowest BCUT2D eigenvalue weighted by molar-refractivity contribution is -0.161. The molecule has 5 atom stereocenters.